The highest BCUT2D eigenvalue weighted by Gasteiger charge is 2.21. The molecule has 0 spiro atoms. The van der Waals surface area contributed by atoms with Gasteiger partial charge in [0.05, 0.1) is 5.69 Å². The summed E-state index contributed by atoms with van der Waals surface area (Å²) in [6.45, 7) is 9.23. The molecule has 1 aromatic rings. The van der Waals surface area contributed by atoms with Crippen LogP contribution in [0.25, 0.3) is 0 Å². The van der Waals surface area contributed by atoms with Crippen LogP contribution in [0.15, 0.2) is 11.4 Å². The van der Waals surface area contributed by atoms with Gasteiger partial charge in [0, 0.05) is 13.1 Å². The molecule has 2 rings (SSSR count). The van der Waals surface area contributed by atoms with E-state index in [1.54, 1.807) is 27.7 Å². The molecule has 3 N–H and O–H groups in total. The van der Waals surface area contributed by atoms with Gasteiger partial charge in [0.15, 0.2) is 0 Å². The number of thiophene rings is 1. The van der Waals surface area contributed by atoms with Crippen molar-refractivity contribution in [2.24, 2.45) is 5.73 Å². The van der Waals surface area contributed by atoms with Crippen LogP contribution in [-0.2, 0) is 9.53 Å². The van der Waals surface area contributed by atoms with E-state index in [2.05, 4.69) is 22.4 Å². The van der Waals surface area contributed by atoms with Crippen LogP contribution in [0.1, 0.15) is 51.8 Å². The van der Waals surface area contributed by atoms with Crippen LogP contribution in [0.3, 0.4) is 0 Å². The van der Waals surface area contributed by atoms with E-state index in [1.807, 2.05) is 5.38 Å². The summed E-state index contributed by atoms with van der Waals surface area (Å²) in [5.41, 5.74) is 5.62. The van der Waals surface area contributed by atoms with Gasteiger partial charge in [-0.3, -0.25) is 4.79 Å². The lowest BCUT2D eigenvalue weighted by Crippen LogP contribution is -2.45. The maximum Gasteiger partial charge on any atom is 0.408 e. The monoisotopic (exact) mass is 380 g/mol. The molecule has 7 nitrogen and oxygen atoms in total. The van der Waals surface area contributed by atoms with Crippen LogP contribution in [0, 0.1) is 11.3 Å². The number of carbonyl (C=O) groups excluding carboxylic acids is 2. The number of nitrogens with zero attached hydrogens (tertiary/aromatic N) is 2. The summed E-state index contributed by atoms with van der Waals surface area (Å²) in [7, 11) is 0. The highest BCUT2D eigenvalue weighted by atomic mass is 32.1. The maximum atomic E-state index is 11.2. The fourth-order valence-corrected chi connectivity index (χ4v) is 3.12. The zero-order valence-corrected chi connectivity index (χ0v) is 16.7. The highest BCUT2D eigenvalue weighted by molar-refractivity contribution is 7.11. The molecule has 144 valence electrons. The van der Waals surface area contributed by atoms with Crippen molar-refractivity contribution in [3.63, 3.8) is 0 Å². The number of alkyl carbamates (subject to hydrolysis) is 1. The molecule has 1 aliphatic heterocycles. The second-order valence-electron chi connectivity index (χ2n) is 6.95. The number of nitriles is 1. The zero-order valence-electron chi connectivity index (χ0n) is 15.9. The largest absolute Gasteiger partial charge is 0.444 e. The number of amides is 2. The number of nitrogens with two attached hydrogens (primary N) is 1. The Hall–Kier alpha value is -2.27. The van der Waals surface area contributed by atoms with E-state index in [0.29, 0.717) is 6.42 Å². The highest BCUT2D eigenvalue weighted by Crippen LogP contribution is 2.27. The molecular weight excluding hydrogens is 352 g/mol. The van der Waals surface area contributed by atoms with Crippen molar-refractivity contribution in [3.8, 4) is 6.07 Å². The minimum absolute atomic E-state index is 0.453. The molecule has 0 bridgehead atoms. The van der Waals surface area contributed by atoms with Crippen molar-refractivity contribution in [1.29, 1.82) is 5.26 Å². The summed E-state index contributed by atoms with van der Waals surface area (Å²) in [5, 5.41) is 13.2. The Balaban J connectivity index is 0.000000262. The van der Waals surface area contributed by atoms with Crippen molar-refractivity contribution in [2.75, 3.05) is 18.0 Å². The Kier molecular flexibility index (Phi) is 8.39. The smallest absolute Gasteiger partial charge is 0.408 e. The van der Waals surface area contributed by atoms with Crippen LogP contribution >= 0.6 is 11.3 Å². The van der Waals surface area contributed by atoms with Crippen molar-refractivity contribution in [1.82, 2.24) is 5.32 Å². The van der Waals surface area contributed by atoms with Crippen molar-refractivity contribution >= 4 is 29.0 Å². The number of anilines is 1. The fraction of sp³-hybridized carbons (Fsp3) is 0.611. The molecule has 0 saturated carbocycles. The van der Waals surface area contributed by atoms with Gasteiger partial charge in [-0.05, 0) is 51.5 Å². The number of rotatable bonds is 4. The Labute approximate surface area is 159 Å². The normalized spacial score (nSPS) is 14.7. The number of hydrogen-bond donors (Lipinski definition) is 2. The van der Waals surface area contributed by atoms with E-state index in [-0.39, 0.29) is 0 Å². The lowest BCUT2D eigenvalue weighted by molar-refractivity contribution is -0.120. The van der Waals surface area contributed by atoms with Crippen molar-refractivity contribution in [3.05, 3.63) is 16.3 Å². The number of ether oxygens (including phenoxy) is 1. The molecule has 1 aromatic heterocycles. The van der Waals surface area contributed by atoms with Gasteiger partial charge in [0.1, 0.15) is 22.6 Å². The second-order valence-corrected chi connectivity index (χ2v) is 7.87. The van der Waals surface area contributed by atoms with E-state index in [0.717, 1.165) is 23.7 Å². The summed E-state index contributed by atoms with van der Waals surface area (Å²) in [4.78, 5) is 25.1. The molecule has 1 saturated heterocycles. The summed E-state index contributed by atoms with van der Waals surface area (Å²) < 4.78 is 4.96. The summed E-state index contributed by atoms with van der Waals surface area (Å²) in [6, 6.07) is 3.62. The predicted molar refractivity (Wildman–Crippen MR) is 103 cm³/mol. The quantitative estimate of drug-likeness (QED) is 0.835. The molecule has 26 heavy (non-hydrogen) atoms. The van der Waals surface area contributed by atoms with E-state index < -0.39 is 23.6 Å². The third-order valence-electron chi connectivity index (χ3n) is 3.64. The topological polar surface area (TPSA) is 108 Å². The summed E-state index contributed by atoms with van der Waals surface area (Å²) in [5.74, 6) is -0.557. The van der Waals surface area contributed by atoms with Gasteiger partial charge in [-0.2, -0.15) is 5.26 Å². The van der Waals surface area contributed by atoms with Crippen LogP contribution in [0.5, 0.6) is 0 Å². The molecular formula is C18H28N4O3S. The molecule has 1 atom stereocenters. The third-order valence-corrected chi connectivity index (χ3v) is 4.44. The van der Waals surface area contributed by atoms with Crippen LogP contribution in [-0.4, -0.2) is 36.7 Å². The molecule has 2 amide bonds. The van der Waals surface area contributed by atoms with Crippen LogP contribution < -0.4 is 16.0 Å². The standard InChI is InChI=1S/C9H18N2O3.C9H10N2S/c1-5-6(7(10)12)11-8(13)14-9(2,3)4;10-7-9-8(3-6-12-9)11-4-1-2-5-11/h6H,5H2,1-4H3,(H2,10,12)(H,11,13);3,6H,1-2,4-5H2/t6-;/m0./s1. The molecule has 2 heterocycles. The molecule has 0 aliphatic carbocycles. The Morgan fingerprint density at radius 1 is 1.42 bits per heavy atom. The average molecular weight is 381 g/mol. The summed E-state index contributed by atoms with van der Waals surface area (Å²) >= 11 is 1.53. The van der Waals surface area contributed by atoms with Gasteiger partial charge < -0.3 is 20.7 Å². The van der Waals surface area contributed by atoms with Gasteiger partial charge in [-0.1, -0.05) is 6.92 Å². The summed E-state index contributed by atoms with van der Waals surface area (Å²) in [6.07, 6.45) is 2.36. The van der Waals surface area contributed by atoms with Gasteiger partial charge in [0.2, 0.25) is 5.91 Å². The number of nitrogens with one attached hydrogen (secondary N) is 1. The SMILES string of the molecule is CC[C@H](NC(=O)OC(C)(C)C)C(N)=O.N#Cc1sccc1N1CCCC1. The van der Waals surface area contributed by atoms with Crippen molar-refractivity contribution < 1.29 is 14.3 Å². The molecule has 0 aromatic carbocycles. The first-order chi connectivity index (χ1) is 12.2. The van der Waals surface area contributed by atoms with E-state index in [1.165, 1.54) is 24.2 Å². The third kappa shape index (κ3) is 7.31. The van der Waals surface area contributed by atoms with E-state index >= 15 is 0 Å². The average Bonchev–Trinajstić information content (AvgIpc) is 3.21. The minimum Gasteiger partial charge on any atom is -0.444 e. The minimum atomic E-state index is -0.662. The Morgan fingerprint density at radius 3 is 2.50 bits per heavy atom. The maximum absolute atomic E-state index is 11.2. The van der Waals surface area contributed by atoms with Gasteiger partial charge in [0.25, 0.3) is 0 Å². The lowest BCUT2D eigenvalue weighted by Gasteiger charge is -2.21. The predicted octanol–water partition coefficient (Wildman–Crippen LogP) is 2.99. The van der Waals surface area contributed by atoms with Crippen molar-refractivity contribution in [2.45, 2.75) is 58.6 Å². The zero-order chi connectivity index (χ0) is 19.7. The molecule has 0 radical (unpaired) electrons. The molecule has 8 heteroatoms. The van der Waals surface area contributed by atoms with Gasteiger partial charge in [-0.25, -0.2) is 4.79 Å². The van der Waals surface area contributed by atoms with E-state index in [4.69, 9.17) is 15.7 Å². The Morgan fingerprint density at radius 2 is 2.04 bits per heavy atom. The number of carbonyl (C=O) groups is 2. The number of hydrogen-bond acceptors (Lipinski definition) is 6. The first-order valence-corrected chi connectivity index (χ1v) is 9.57. The van der Waals surface area contributed by atoms with Gasteiger partial charge in [-0.15, -0.1) is 11.3 Å². The first kappa shape index (κ1) is 21.8. The Bertz CT molecular complexity index is 640. The number of primary amides is 1. The van der Waals surface area contributed by atoms with Crippen LogP contribution in [0.2, 0.25) is 0 Å². The van der Waals surface area contributed by atoms with E-state index in [9.17, 15) is 9.59 Å². The van der Waals surface area contributed by atoms with Gasteiger partial charge >= 0.3 is 6.09 Å². The first-order valence-electron chi connectivity index (χ1n) is 8.69. The molecule has 1 aliphatic rings. The van der Waals surface area contributed by atoms with Crippen LogP contribution in [0.4, 0.5) is 10.5 Å². The fourth-order valence-electron chi connectivity index (χ4n) is 2.42. The second kappa shape index (κ2) is 10.0. The lowest BCUT2D eigenvalue weighted by atomic mass is 10.2. The molecule has 1 fully saturated rings. The molecule has 0 unspecified atom stereocenters.